The maximum absolute atomic E-state index is 8.30. The molecular weight excluding hydrogens is 152 g/mol. The second-order valence-corrected chi connectivity index (χ2v) is 3.84. The molecule has 2 aliphatic rings. The smallest absolute Gasteiger partial charge is 0.0380 e. The van der Waals surface area contributed by atoms with Crippen molar-refractivity contribution in [3.63, 3.8) is 0 Å². The second kappa shape index (κ2) is 3.33. The average molecular weight is 166 g/mol. The highest BCUT2D eigenvalue weighted by molar-refractivity contribution is 4.91. The molecule has 1 aliphatic heterocycles. The summed E-state index contributed by atoms with van der Waals surface area (Å²) >= 11 is 0. The van der Waals surface area contributed by atoms with E-state index in [-0.39, 0.29) is 6.04 Å². The Kier molecular flexibility index (Phi) is 2.19. The van der Waals surface area contributed by atoms with Crippen molar-refractivity contribution in [2.24, 2.45) is 17.0 Å². The summed E-state index contributed by atoms with van der Waals surface area (Å²) in [4.78, 5) is 2.88. The summed E-state index contributed by atoms with van der Waals surface area (Å²) < 4.78 is 0. The predicted octanol–water partition coefficient (Wildman–Crippen LogP) is 1.68. The Morgan fingerprint density at radius 1 is 1.33 bits per heavy atom. The van der Waals surface area contributed by atoms with Gasteiger partial charge in [-0.25, -0.2) is 0 Å². The van der Waals surface area contributed by atoms with Crippen LogP contribution in [-0.2, 0) is 0 Å². The first-order chi connectivity index (χ1) is 5.90. The molecule has 1 aliphatic carbocycles. The number of nitrogens with one attached hydrogen (secondary N) is 1. The van der Waals surface area contributed by atoms with Crippen LogP contribution in [0.15, 0.2) is 5.11 Å². The molecule has 1 heterocycles. The molecule has 0 unspecified atom stereocenters. The van der Waals surface area contributed by atoms with Gasteiger partial charge in [0.25, 0.3) is 0 Å². The minimum atomic E-state index is 0.282. The number of piperidine rings is 1. The van der Waals surface area contributed by atoms with Crippen LogP contribution in [0.25, 0.3) is 10.4 Å². The van der Waals surface area contributed by atoms with E-state index in [1.165, 1.54) is 6.42 Å². The van der Waals surface area contributed by atoms with Gasteiger partial charge >= 0.3 is 0 Å². The summed E-state index contributed by atoms with van der Waals surface area (Å²) in [5.41, 5.74) is 8.30. The first-order valence-electron chi connectivity index (χ1n) is 4.65. The molecule has 0 aromatic carbocycles. The molecule has 12 heavy (non-hydrogen) atoms. The molecule has 0 spiro atoms. The molecule has 66 valence electrons. The van der Waals surface area contributed by atoms with Crippen LogP contribution in [-0.4, -0.2) is 19.1 Å². The quantitative estimate of drug-likeness (QED) is 0.359. The van der Waals surface area contributed by atoms with Gasteiger partial charge in [0.2, 0.25) is 0 Å². The molecule has 0 aromatic rings. The minimum Gasteiger partial charge on any atom is -0.316 e. The van der Waals surface area contributed by atoms with E-state index >= 15 is 0 Å². The predicted molar refractivity (Wildman–Crippen MR) is 46.6 cm³/mol. The first-order valence-corrected chi connectivity index (χ1v) is 4.65. The summed E-state index contributed by atoms with van der Waals surface area (Å²) in [6, 6.07) is 0.282. The highest BCUT2D eigenvalue weighted by atomic mass is 15.2. The summed E-state index contributed by atoms with van der Waals surface area (Å²) in [5, 5.41) is 7.18. The van der Waals surface area contributed by atoms with Crippen molar-refractivity contribution in [3.8, 4) is 0 Å². The third-order valence-electron chi connectivity index (χ3n) is 3.13. The summed E-state index contributed by atoms with van der Waals surface area (Å²) in [6.07, 6.45) is 3.49. The van der Waals surface area contributed by atoms with Crippen LogP contribution in [0.3, 0.4) is 0 Å². The van der Waals surface area contributed by atoms with Gasteiger partial charge in [0.15, 0.2) is 0 Å². The number of hydrogen-bond acceptors (Lipinski definition) is 2. The van der Waals surface area contributed by atoms with Gasteiger partial charge < -0.3 is 5.32 Å². The lowest BCUT2D eigenvalue weighted by Gasteiger charge is -2.25. The summed E-state index contributed by atoms with van der Waals surface area (Å²) in [5.74, 6) is 1.59. The lowest BCUT2D eigenvalue weighted by molar-refractivity contribution is 0.295. The largest absolute Gasteiger partial charge is 0.316 e. The Bertz CT molecular complexity index is 195. The summed E-state index contributed by atoms with van der Waals surface area (Å²) in [6.45, 7) is 2.27. The lowest BCUT2D eigenvalue weighted by Crippen LogP contribution is -2.33. The molecular formula is C8H14N4. The molecule has 1 N–H and O–H groups in total. The minimum absolute atomic E-state index is 0.282. The molecule has 0 bridgehead atoms. The van der Waals surface area contributed by atoms with Crippen LogP contribution in [0.5, 0.6) is 0 Å². The second-order valence-electron chi connectivity index (χ2n) is 3.84. The number of hydrogen-bond donors (Lipinski definition) is 1. The maximum atomic E-state index is 8.30. The Morgan fingerprint density at radius 3 is 2.92 bits per heavy atom. The van der Waals surface area contributed by atoms with E-state index in [0.29, 0.717) is 0 Å². The van der Waals surface area contributed by atoms with Crippen LogP contribution in [0.2, 0.25) is 0 Å². The Balaban J connectivity index is 1.98. The van der Waals surface area contributed by atoms with Crippen molar-refractivity contribution < 1.29 is 0 Å². The van der Waals surface area contributed by atoms with Crippen LogP contribution >= 0.6 is 0 Å². The molecule has 2 rings (SSSR count). The SMILES string of the molecule is [N-]=[N+]=N[C@@H]1C[C@H]2CCNC[C@H]2C1. The maximum Gasteiger partial charge on any atom is 0.0380 e. The molecule has 2 fully saturated rings. The Morgan fingerprint density at radius 2 is 2.17 bits per heavy atom. The van der Waals surface area contributed by atoms with Crippen molar-refractivity contribution in [2.75, 3.05) is 13.1 Å². The fourth-order valence-electron chi connectivity index (χ4n) is 2.53. The molecule has 0 radical (unpaired) electrons. The standard InChI is InChI=1S/C8H14N4/c9-12-11-8-3-6-1-2-10-5-7(6)4-8/h6-8,10H,1-5H2/t6-,7-,8-/m1/s1. The van der Waals surface area contributed by atoms with Crippen LogP contribution in [0, 0.1) is 11.8 Å². The Labute approximate surface area is 72.0 Å². The Hall–Kier alpha value is -0.730. The normalized spacial score (nSPS) is 40.2. The molecule has 1 saturated heterocycles. The fourth-order valence-corrected chi connectivity index (χ4v) is 2.53. The first kappa shape index (κ1) is 7.90. The van der Waals surface area contributed by atoms with Crippen LogP contribution in [0.1, 0.15) is 19.3 Å². The van der Waals surface area contributed by atoms with Crippen molar-refractivity contribution in [1.29, 1.82) is 0 Å². The molecule has 3 atom stereocenters. The fraction of sp³-hybridized carbons (Fsp3) is 1.00. The molecule has 4 nitrogen and oxygen atoms in total. The van der Waals surface area contributed by atoms with Gasteiger partial charge in [0, 0.05) is 11.0 Å². The van der Waals surface area contributed by atoms with Gasteiger partial charge in [-0.2, -0.15) is 0 Å². The topological polar surface area (TPSA) is 60.8 Å². The number of rotatable bonds is 1. The number of nitrogens with zero attached hydrogens (tertiary/aromatic N) is 3. The van der Waals surface area contributed by atoms with E-state index in [4.69, 9.17) is 5.53 Å². The van der Waals surface area contributed by atoms with Gasteiger partial charge in [0.1, 0.15) is 0 Å². The van der Waals surface area contributed by atoms with Gasteiger partial charge in [-0.15, -0.1) is 0 Å². The van der Waals surface area contributed by atoms with Gasteiger partial charge in [-0.3, -0.25) is 0 Å². The zero-order valence-corrected chi connectivity index (χ0v) is 7.11. The van der Waals surface area contributed by atoms with E-state index in [2.05, 4.69) is 15.3 Å². The third kappa shape index (κ3) is 1.40. The highest BCUT2D eigenvalue weighted by Crippen LogP contribution is 2.37. The molecule has 0 aromatic heterocycles. The van der Waals surface area contributed by atoms with E-state index < -0.39 is 0 Å². The lowest BCUT2D eigenvalue weighted by atomic mass is 9.90. The van der Waals surface area contributed by atoms with E-state index in [9.17, 15) is 0 Å². The van der Waals surface area contributed by atoms with Gasteiger partial charge in [0.05, 0.1) is 0 Å². The van der Waals surface area contributed by atoms with Crippen LogP contribution < -0.4 is 5.32 Å². The van der Waals surface area contributed by atoms with Gasteiger partial charge in [-0.05, 0) is 49.7 Å². The molecule has 4 heteroatoms. The van der Waals surface area contributed by atoms with Crippen molar-refractivity contribution in [3.05, 3.63) is 10.4 Å². The van der Waals surface area contributed by atoms with Crippen LogP contribution in [0.4, 0.5) is 0 Å². The molecule has 1 saturated carbocycles. The average Bonchev–Trinajstić information content (AvgIpc) is 2.47. The zero-order valence-electron chi connectivity index (χ0n) is 7.11. The number of fused-ring (bicyclic) bond motifs is 1. The van der Waals surface area contributed by atoms with E-state index in [1.807, 2.05) is 0 Å². The monoisotopic (exact) mass is 166 g/mol. The zero-order chi connectivity index (χ0) is 8.39. The van der Waals surface area contributed by atoms with E-state index in [1.54, 1.807) is 0 Å². The third-order valence-corrected chi connectivity index (χ3v) is 3.13. The summed E-state index contributed by atoms with van der Waals surface area (Å²) in [7, 11) is 0. The highest BCUT2D eigenvalue weighted by Gasteiger charge is 2.34. The molecule has 0 amide bonds. The van der Waals surface area contributed by atoms with Gasteiger partial charge in [-0.1, -0.05) is 5.11 Å². The van der Waals surface area contributed by atoms with Crippen molar-refractivity contribution in [2.45, 2.75) is 25.3 Å². The van der Waals surface area contributed by atoms with Crippen molar-refractivity contribution in [1.82, 2.24) is 5.32 Å². The van der Waals surface area contributed by atoms with Crippen molar-refractivity contribution >= 4 is 0 Å². The number of azide groups is 1. The van der Waals surface area contributed by atoms with E-state index in [0.717, 1.165) is 37.8 Å².